The van der Waals surface area contributed by atoms with Crippen molar-refractivity contribution < 1.29 is 9.72 Å². The molecule has 0 radical (unpaired) electrons. The number of hydrogen-bond donors (Lipinski definition) is 1. The third-order valence-corrected chi connectivity index (χ3v) is 5.25. The fourth-order valence-corrected chi connectivity index (χ4v) is 3.59. The molecule has 1 aliphatic heterocycles. The molecule has 8 nitrogen and oxygen atoms in total. The molecule has 8 heteroatoms. The average molecular weight is 385 g/mol. The van der Waals surface area contributed by atoms with Gasteiger partial charge in [-0.1, -0.05) is 30.3 Å². The van der Waals surface area contributed by atoms with Crippen LogP contribution in [0.5, 0.6) is 0 Å². The van der Waals surface area contributed by atoms with E-state index in [1.54, 1.807) is 11.5 Å². The lowest BCUT2D eigenvalue weighted by atomic mass is 10.1. The Kier molecular flexibility index (Phi) is 6.76. The van der Waals surface area contributed by atoms with Crippen LogP contribution in [0, 0.1) is 23.0 Å². The lowest BCUT2D eigenvalue weighted by Gasteiger charge is -2.16. The molecule has 150 valence electrons. The molecule has 1 aromatic heterocycles. The van der Waals surface area contributed by atoms with E-state index in [0.717, 1.165) is 32.5 Å². The van der Waals surface area contributed by atoms with Crippen LogP contribution in [0.25, 0.3) is 0 Å². The van der Waals surface area contributed by atoms with E-state index in [9.17, 15) is 14.9 Å². The number of nitro groups is 1. The van der Waals surface area contributed by atoms with E-state index >= 15 is 0 Å². The molecular formula is C20H27N5O3. The van der Waals surface area contributed by atoms with Gasteiger partial charge in [0.1, 0.15) is 6.20 Å². The molecule has 1 fully saturated rings. The molecule has 1 amide bonds. The van der Waals surface area contributed by atoms with Crippen molar-refractivity contribution in [2.24, 2.45) is 5.92 Å². The zero-order valence-corrected chi connectivity index (χ0v) is 16.2. The van der Waals surface area contributed by atoms with E-state index in [1.165, 1.54) is 11.8 Å². The monoisotopic (exact) mass is 385 g/mol. The van der Waals surface area contributed by atoms with Crippen LogP contribution in [0.15, 0.2) is 36.5 Å². The second kappa shape index (κ2) is 9.45. The number of likely N-dealkylation sites (tertiary alicyclic amines) is 1. The Morgan fingerprint density at radius 2 is 2.11 bits per heavy atom. The number of rotatable bonds is 9. The lowest BCUT2D eigenvalue weighted by Crippen LogP contribution is -2.32. The van der Waals surface area contributed by atoms with E-state index in [-0.39, 0.29) is 11.7 Å². The number of hydrogen-bond acceptors (Lipinski definition) is 5. The van der Waals surface area contributed by atoms with Gasteiger partial charge in [0, 0.05) is 39.5 Å². The molecule has 1 aromatic carbocycles. The van der Waals surface area contributed by atoms with Gasteiger partial charge in [0.25, 0.3) is 0 Å². The van der Waals surface area contributed by atoms with Crippen molar-refractivity contribution in [3.63, 3.8) is 0 Å². The Labute approximate surface area is 164 Å². The molecular weight excluding hydrogens is 358 g/mol. The average Bonchev–Trinajstić information content (AvgIpc) is 3.30. The zero-order chi connectivity index (χ0) is 19.9. The van der Waals surface area contributed by atoms with Gasteiger partial charge < -0.3 is 24.9 Å². The molecule has 1 saturated heterocycles. The van der Waals surface area contributed by atoms with Crippen LogP contribution in [-0.4, -0.2) is 51.5 Å². The highest BCUT2D eigenvalue weighted by atomic mass is 16.6. The molecule has 0 spiro atoms. The van der Waals surface area contributed by atoms with Crippen LogP contribution in [0.1, 0.15) is 24.2 Å². The highest BCUT2D eigenvalue weighted by Crippen LogP contribution is 2.16. The molecule has 1 N–H and O–H groups in total. The normalized spacial score (nSPS) is 17.0. The Hall–Kier alpha value is -2.74. The van der Waals surface area contributed by atoms with E-state index < -0.39 is 4.92 Å². The molecule has 28 heavy (non-hydrogen) atoms. The van der Waals surface area contributed by atoms with E-state index in [1.807, 2.05) is 6.07 Å². The fraction of sp³-hybridized carbons (Fsp3) is 0.500. The second-order valence-corrected chi connectivity index (χ2v) is 7.34. The van der Waals surface area contributed by atoms with E-state index in [2.05, 4.69) is 39.5 Å². The van der Waals surface area contributed by atoms with Gasteiger partial charge in [0.15, 0.2) is 0 Å². The number of carbonyl (C=O) groups excluding carboxylic acids is 1. The fourth-order valence-electron chi connectivity index (χ4n) is 3.59. The predicted octanol–water partition coefficient (Wildman–Crippen LogP) is 2.17. The summed E-state index contributed by atoms with van der Waals surface area (Å²) < 4.78 is 1.65. The number of nitrogens with one attached hydrogen (secondary N) is 1. The molecule has 0 bridgehead atoms. The SMILES string of the molecule is Cc1nc([N+](=O)[O-])cn1CCC(=O)NCC1CCN(CCc2ccccc2)C1. The Bertz CT molecular complexity index is 805. The van der Waals surface area contributed by atoms with Crippen molar-refractivity contribution in [2.75, 3.05) is 26.2 Å². The van der Waals surface area contributed by atoms with Crippen LogP contribution >= 0.6 is 0 Å². The Balaban J connectivity index is 1.34. The number of imidazole rings is 1. The molecule has 3 rings (SSSR count). The molecule has 0 saturated carbocycles. The third kappa shape index (κ3) is 5.63. The molecule has 2 aromatic rings. The van der Waals surface area contributed by atoms with Gasteiger partial charge in [-0.05, 0) is 40.8 Å². The van der Waals surface area contributed by atoms with Crippen molar-refractivity contribution in [3.05, 3.63) is 58.0 Å². The number of nitrogens with zero attached hydrogens (tertiary/aromatic N) is 4. The summed E-state index contributed by atoms with van der Waals surface area (Å²) >= 11 is 0. The molecule has 2 heterocycles. The summed E-state index contributed by atoms with van der Waals surface area (Å²) in [4.78, 5) is 28.7. The minimum absolute atomic E-state index is 0.0292. The van der Waals surface area contributed by atoms with Gasteiger partial charge in [0.2, 0.25) is 11.7 Å². The number of aromatic nitrogens is 2. The van der Waals surface area contributed by atoms with Gasteiger partial charge in [0.05, 0.1) is 0 Å². The second-order valence-electron chi connectivity index (χ2n) is 7.34. The Morgan fingerprint density at radius 3 is 2.82 bits per heavy atom. The summed E-state index contributed by atoms with van der Waals surface area (Å²) in [6.07, 6.45) is 3.82. The summed E-state index contributed by atoms with van der Waals surface area (Å²) in [5.41, 5.74) is 1.36. The number of amides is 1. The van der Waals surface area contributed by atoms with Gasteiger partial charge in [-0.3, -0.25) is 4.79 Å². The Morgan fingerprint density at radius 1 is 1.32 bits per heavy atom. The number of aryl methyl sites for hydroxylation is 2. The summed E-state index contributed by atoms with van der Waals surface area (Å²) in [6, 6.07) is 10.5. The van der Waals surface area contributed by atoms with E-state index in [4.69, 9.17) is 0 Å². The van der Waals surface area contributed by atoms with Crippen molar-refractivity contribution in [2.45, 2.75) is 32.7 Å². The minimum Gasteiger partial charge on any atom is -0.358 e. The van der Waals surface area contributed by atoms with Gasteiger partial charge >= 0.3 is 5.82 Å². The summed E-state index contributed by atoms with van der Waals surface area (Å²) in [5, 5.41) is 13.8. The third-order valence-electron chi connectivity index (χ3n) is 5.25. The maximum Gasteiger partial charge on any atom is 0.381 e. The van der Waals surface area contributed by atoms with Crippen LogP contribution in [0.4, 0.5) is 5.82 Å². The maximum atomic E-state index is 12.1. The largest absolute Gasteiger partial charge is 0.381 e. The molecule has 1 atom stereocenters. The van der Waals surface area contributed by atoms with Crippen LogP contribution in [0.3, 0.4) is 0 Å². The number of carbonyl (C=O) groups is 1. The topological polar surface area (TPSA) is 93.3 Å². The smallest absolute Gasteiger partial charge is 0.358 e. The molecule has 0 aliphatic carbocycles. The first kappa shape index (κ1) is 20.0. The van der Waals surface area contributed by atoms with Gasteiger partial charge in [-0.2, -0.15) is 0 Å². The van der Waals surface area contributed by atoms with Crippen molar-refractivity contribution in [1.82, 2.24) is 19.8 Å². The first-order valence-corrected chi connectivity index (χ1v) is 9.72. The highest BCUT2D eigenvalue weighted by molar-refractivity contribution is 5.75. The predicted molar refractivity (Wildman–Crippen MR) is 106 cm³/mol. The van der Waals surface area contributed by atoms with Crippen LogP contribution < -0.4 is 5.32 Å². The van der Waals surface area contributed by atoms with Crippen LogP contribution in [0.2, 0.25) is 0 Å². The van der Waals surface area contributed by atoms with Crippen LogP contribution in [-0.2, 0) is 17.8 Å². The minimum atomic E-state index is -0.521. The van der Waals surface area contributed by atoms with E-state index in [0.29, 0.717) is 31.3 Å². The number of benzene rings is 1. The molecule has 1 aliphatic rings. The zero-order valence-electron chi connectivity index (χ0n) is 16.2. The van der Waals surface area contributed by atoms with Gasteiger partial charge in [-0.15, -0.1) is 0 Å². The summed E-state index contributed by atoms with van der Waals surface area (Å²) in [5.74, 6) is 0.818. The lowest BCUT2D eigenvalue weighted by molar-refractivity contribution is -0.389. The first-order chi connectivity index (χ1) is 13.5. The van der Waals surface area contributed by atoms with Crippen molar-refractivity contribution in [3.8, 4) is 0 Å². The quantitative estimate of drug-likeness (QED) is 0.527. The molecule has 1 unspecified atom stereocenters. The highest BCUT2D eigenvalue weighted by Gasteiger charge is 2.22. The first-order valence-electron chi connectivity index (χ1n) is 9.72. The summed E-state index contributed by atoms with van der Waals surface area (Å²) in [6.45, 7) is 5.92. The maximum absolute atomic E-state index is 12.1. The van der Waals surface area contributed by atoms with Crippen molar-refractivity contribution >= 4 is 11.7 Å². The summed E-state index contributed by atoms with van der Waals surface area (Å²) in [7, 11) is 0. The standard InChI is InChI=1S/C20H27N5O3/c1-16-22-19(25(27)28)15-24(16)12-9-20(26)21-13-18-8-11-23(14-18)10-7-17-5-3-2-4-6-17/h2-6,15,18H,7-14H2,1H3,(H,21,26). The van der Waals surface area contributed by atoms with Crippen molar-refractivity contribution in [1.29, 1.82) is 0 Å². The van der Waals surface area contributed by atoms with Gasteiger partial charge in [-0.25, -0.2) is 0 Å².